The van der Waals surface area contributed by atoms with Crippen LogP contribution in [0.5, 0.6) is 11.5 Å². The van der Waals surface area contributed by atoms with E-state index in [1.807, 2.05) is 6.07 Å². The normalized spacial score (nSPS) is 17.9. The predicted octanol–water partition coefficient (Wildman–Crippen LogP) is 5.77. The first kappa shape index (κ1) is 27.3. The Hall–Kier alpha value is -3.32. The van der Waals surface area contributed by atoms with Crippen LogP contribution in [-0.4, -0.2) is 44.2 Å². The summed E-state index contributed by atoms with van der Waals surface area (Å²) in [4.78, 5) is 11.2. The molecule has 2 aliphatic rings. The highest BCUT2D eigenvalue weighted by Crippen LogP contribution is 2.47. The molecule has 6 nitrogen and oxygen atoms in total. The molecule has 2 atom stereocenters. The Bertz CT molecular complexity index is 1460. The zero-order valence-electron chi connectivity index (χ0n) is 22.6. The molecule has 0 bridgehead atoms. The molecule has 0 amide bonds. The number of benzene rings is 3. The Labute approximate surface area is 230 Å². The SMILES string of the molecule is CCS(=O)(=O)CCCOc1cc(C)c2c(c1)CCOc1ccc(CCc3ccc([C@H]4C[C@@H]4C(=O)O)cc3)cc1-2. The second-order valence-corrected chi connectivity index (χ2v) is 13.1. The van der Waals surface area contributed by atoms with E-state index in [2.05, 4.69) is 55.5 Å². The van der Waals surface area contributed by atoms with E-state index >= 15 is 0 Å². The molecule has 1 N–H and O–H groups in total. The minimum atomic E-state index is -2.99. The molecule has 1 heterocycles. The van der Waals surface area contributed by atoms with Gasteiger partial charge < -0.3 is 14.6 Å². The maximum absolute atomic E-state index is 11.7. The molecule has 0 saturated heterocycles. The van der Waals surface area contributed by atoms with Crippen LogP contribution in [-0.2, 0) is 33.9 Å². The highest BCUT2D eigenvalue weighted by Gasteiger charge is 2.44. The maximum atomic E-state index is 11.7. The van der Waals surface area contributed by atoms with Crippen molar-refractivity contribution in [2.24, 2.45) is 5.92 Å². The highest BCUT2D eigenvalue weighted by atomic mass is 32.2. The molecule has 1 fully saturated rings. The van der Waals surface area contributed by atoms with Crippen LogP contribution >= 0.6 is 0 Å². The number of ether oxygens (including phenoxy) is 2. The quantitative estimate of drug-likeness (QED) is 0.306. The highest BCUT2D eigenvalue weighted by molar-refractivity contribution is 7.91. The van der Waals surface area contributed by atoms with E-state index in [1.165, 1.54) is 22.3 Å². The van der Waals surface area contributed by atoms with Gasteiger partial charge in [-0.3, -0.25) is 4.79 Å². The fourth-order valence-corrected chi connectivity index (χ4v) is 6.33. The van der Waals surface area contributed by atoms with Crippen LogP contribution in [0, 0.1) is 12.8 Å². The first-order chi connectivity index (χ1) is 18.7. The second kappa shape index (κ2) is 11.4. The lowest BCUT2D eigenvalue weighted by Crippen LogP contribution is -2.12. The summed E-state index contributed by atoms with van der Waals surface area (Å²) in [7, 11) is -2.99. The van der Waals surface area contributed by atoms with Crippen LogP contribution in [0.3, 0.4) is 0 Å². The first-order valence-corrected chi connectivity index (χ1v) is 15.6. The van der Waals surface area contributed by atoms with Crippen molar-refractivity contribution in [1.82, 2.24) is 0 Å². The minimum absolute atomic E-state index is 0.146. The summed E-state index contributed by atoms with van der Waals surface area (Å²) in [6, 6.07) is 18.9. The van der Waals surface area contributed by atoms with Gasteiger partial charge in [0.05, 0.1) is 24.9 Å². The van der Waals surface area contributed by atoms with Gasteiger partial charge in [0.2, 0.25) is 0 Å². The zero-order valence-corrected chi connectivity index (χ0v) is 23.4. The fraction of sp³-hybridized carbons (Fsp3) is 0.406. The van der Waals surface area contributed by atoms with Crippen LogP contribution < -0.4 is 9.47 Å². The molecule has 0 radical (unpaired) electrons. The third-order valence-electron chi connectivity index (χ3n) is 7.86. The summed E-state index contributed by atoms with van der Waals surface area (Å²) in [5, 5.41) is 9.19. The van der Waals surface area contributed by atoms with Crippen LogP contribution in [0.25, 0.3) is 11.1 Å². The van der Waals surface area contributed by atoms with E-state index in [4.69, 9.17) is 9.47 Å². The number of fused-ring (bicyclic) bond motifs is 3. The molecule has 1 aliphatic heterocycles. The number of carbonyl (C=O) groups is 1. The molecule has 39 heavy (non-hydrogen) atoms. The number of aryl methyl sites for hydroxylation is 3. The number of hydrogen-bond acceptors (Lipinski definition) is 5. The molecule has 0 aromatic heterocycles. The van der Waals surface area contributed by atoms with Crippen molar-refractivity contribution < 1.29 is 27.8 Å². The van der Waals surface area contributed by atoms with Gasteiger partial charge in [-0.05, 0) is 96.2 Å². The van der Waals surface area contributed by atoms with Gasteiger partial charge >= 0.3 is 5.97 Å². The standard InChI is InChI=1S/C32H36O6S/c1-3-39(35,36)16-4-14-37-26-17-21(2)31-25(19-26)13-15-38-30-12-9-23(18-29(30)31)6-5-22-7-10-24(11-8-22)27-20-28(27)32(33)34/h7-12,17-19,27-28H,3-6,13-16,20H2,1-2H3,(H,33,34)/t27-,28+/m1/s1. The van der Waals surface area contributed by atoms with Gasteiger partial charge in [0.15, 0.2) is 0 Å². The number of carboxylic acid groups (broad SMARTS) is 1. The van der Waals surface area contributed by atoms with Gasteiger partial charge in [-0.25, -0.2) is 8.42 Å². The minimum Gasteiger partial charge on any atom is -0.494 e. The predicted molar refractivity (Wildman–Crippen MR) is 153 cm³/mol. The van der Waals surface area contributed by atoms with Crippen molar-refractivity contribution in [2.75, 3.05) is 24.7 Å². The van der Waals surface area contributed by atoms with Crippen LogP contribution in [0.1, 0.15) is 53.5 Å². The average molecular weight is 549 g/mol. The van der Waals surface area contributed by atoms with Gasteiger partial charge in [-0.1, -0.05) is 37.3 Å². The van der Waals surface area contributed by atoms with E-state index in [-0.39, 0.29) is 23.3 Å². The number of carboxylic acids is 1. The molecule has 0 unspecified atom stereocenters. The van der Waals surface area contributed by atoms with Crippen molar-refractivity contribution >= 4 is 15.8 Å². The average Bonchev–Trinajstić information content (AvgIpc) is 3.74. The summed E-state index contributed by atoms with van der Waals surface area (Å²) in [6.07, 6.45) is 3.79. The number of sulfone groups is 1. The van der Waals surface area contributed by atoms with E-state index in [0.717, 1.165) is 53.9 Å². The molecule has 1 aliphatic carbocycles. The molecule has 7 heteroatoms. The lowest BCUT2D eigenvalue weighted by atomic mass is 9.91. The number of rotatable bonds is 11. The summed E-state index contributed by atoms with van der Waals surface area (Å²) in [6.45, 7) is 4.72. The number of hydrogen-bond donors (Lipinski definition) is 1. The number of aliphatic carboxylic acids is 1. The van der Waals surface area contributed by atoms with Crippen molar-refractivity contribution in [3.63, 3.8) is 0 Å². The van der Waals surface area contributed by atoms with Gasteiger partial charge in [-0.15, -0.1) is 0 Å². The van der Waals surface area contributed by atoms with Gasteiger partial charge in [0.1, 0.15) is 21.3 Å². The molecule has 3 aromatic rings. The third-order valence-corrected chi connectivity index (χ3v) is 9.65. The summed E-state index contributed by atoms with van der Waals surface area (Å²) in [5.41, 5.74) is 8.17. The van der Waals surface area contributed by atoms with Crippen LogP contribution in [0.2, 0.25) is 0 Å². The molecular formula is C32H36O6S. The van der Waals surface area contributed by atoms with Gasteiger partial charge in [-0.2, -0.15) is 0 Å². The van der Waals surface area contributed by atoms with E-state index in [9.17, 15) is 18.3 Å². The van der Waals surface area contributed by atoms with Crippen molar-refractivity contribution in [2.45, 2.75) is 51.9 Å². The summed E-state index contributed by atoms with van der Waals surface area (Å²) < 4.78 is 35.6. The van der Waals surface area contributed by atoms with Gasteiger partial charge in [0.25, 0.3) is 0 Å². The molecule has 3 aromatic carbocycles. The second-order valence-electron chi connectivity index (χ2n) is 10.7. The molecule has 5 rings (SSSR count). The first-order valence-electron chi connectivity index (χ1n) is 13.8. The molecule has 206 valence electrons. The van der Waals surface area contributed by atoms with E-state index in [1.54, 1.807) is 6.92 Å². The summed E-state index contributed by atoms with van der Waals surface area (Å²) >= 11 is 0. The lowest BCUT2D eigenvalue weighted by Gasteiger charge is -2.16. The molecular weight excluding hydrogens is 512 g/mol. The molecule has 1 saturated carbocycles. The Morgan fingerprint density at radius 3 is 2.51 bits per heavy atom. The van der Waals surface area contributed by atoms with E-state index < -0.39 is 15.8 Å². The van der Waals surface area contributed by atoms with Crippen molar-refractivity contribution in [3.8, 4) is 22.6 Å². The maximum Gasteiger partial charge on any atom is 0.307 e. The lowest BCUT2D eigenvalue weighted by molar-refractivity contribution is -0.138. The Kier molecular flexibility index (Phi) is 7.98. The zero-order chi connectivity index (χ0) is 27.6. The smallest absolute Gasteiger partial charge is 0.307 e. The fourth-order valence-electron chi connectivity index (χ4n) is 5.48. The Morgan fingerprint density at radius 1 is 1.05 bits per heavy atom. The van der Waals surface area contributed by atoms with E-state index in [0.29, 0.717) is 19.6 Å². The van der Waals surface area contributed by atoms with Crippen molar-refractivity contribution in [1.29, 1.82) is 0 Å². The molecule has 0 spiro atoms. The summed E-state index contributed by atoms with van der Waals surface area (Å²) in [5.74, 6) is 1.20. The third kappa shape index (κ3) is 6.47. The topological polar surface area (TPSA) is 89.9 Å². The van der Waals surface area contributed by atoms with Gasteiger partial charge in [0, 0.05) is 17.7 Å². The monoisotopic (exact) mass is 548 g/mol. The Balaban J connectivity index is 1.27. The van der Waals surface area contributed by atoms with Crippen LogP contribution in [0.4, 0.5) is 0 Å². The van der Waals surface area contributed by atoms with Crippen LogP contribution in [0.15, 0.2) is 54.6 Å². The Morgan fingerprint density at radius 2 is 1.79 bits per heavy atom. The largest absolute Gasteiger partial charge is 0.494 e. The van der Waals surface area contributed by atoms with Crippen molar-refractivity contribution in [3.05, 3.63) is 82.4 Å².